The summed E-state index contributed by atoms with van der Waals surface area (Å²) in [7, 11) is -3.44. The van der Waals surface area contributed by atoms with E-state index in [1.165, 1.54) is 0 Å². The maximum absolute atomic E-state index is 12.2. The van der Waals surface area contributed by atoms with E-state index in [1.54, 1.807) is 24.3 Å². The summed E-state index contributed by atoms with van der Waals surface area (Å²) in [5.74, 6) is 0.325. The molecule has 0 fully saturated rings. The van der Waals surface area contributed by atoms with E-state index in [1.807, 2.05) is 13.8 Å². The molecule has 130 valence electrons. The van der Waals surface area contributed by atoms with Crippen molar-refractivity contribution in [1.29, 1.82) is 0 Å². The molecule has 0 aliphatic rings. The minimum atomic E-state index is -3.44. The van der Waals surface area contributed by atoms with Crippen LogP contribution in [0.25, 0.3) is 0 Å². The molecule has 1 heterocycles. The number of carbonyl (C=O) groups is 1. The number of anilines is 1. The van der Waals surface area contributed by atoms with Gasteiger partial charge in [-0.25, -0.2) is 8.42 Å². The number of ether oxygens (including phenoxy) is 1. The summed E-state index contributed by atoms with van der Waals surface area (Å²) in [5.41, 5.74) is 0.420. The van der Waals surface area contributed by atoms with Gasteiger partial charge in [0.05, 0.1) is 12.4 Å². The number of rotatable bonds is 8. The van der Waals surface area contributed by atoms with Gasteiger partial charge < -0.3 is 4.74 Å². The second-order valence-electron chi connectivity index (χ2n) is 4.96. The van der Waals surface area contributed by atoms with Gasteiger partial charge in [-0.3, -0.25) is 10.1 Å². The van der Waals surface area contributed by atoms with E-state index < -0.39 is 9.84 Å². The number of hydrogen-bond donors (Lipinski definition) is 1. The highest BCUT2D eigenvalue weighted by molar-refractivity contribution is 7.93. The van der Waals surface area contributed by atoms with Gasteiger partial charge in [-0.1, -0.05) is 24.7 Å². The van der Waals surface area contributed by atoms with Gasteiger partial charge >= 0.3 is 0 Å². The van der Waals surface area contributed by atoms with Gasteiger partial charge in [-0.15, -0.1) is 10.2 Å². The van der Waals surface area contributed by atoms with Crippen molar-refractivity contribution in [3.8, 4) is 5.75 Å². The van der Waals surface area contributed by atoms with E-state index >= 15 is 0 Å². The topological polar surface area (TPSA) is 98.3 Å². The van der Waals surface area contributed by atoms with Gasteiger partial charge in [-0.2, -0.15) is 0 Å². The van der Waals surface area contributed by atoms with E-state index in [0.717, 1.165) is 17.8 Å². The zero-order chi connectivity index (χ0) is 17.6. The van der Waals surface area contributed by atoms with Gasteiger partial charge in [0.15, 0.2) is 0 Å². The molecule has 9 heteroatoms. The lowest BCUT2D eigenvalue weighted by Crippen LogP contribution is -2.11. The number of carbonyl (C=O) groups excluding carboxylic acids is 1. The van der Waals surface area contributed by atoms with Crippen LogP contribution < -0.4 is 10.1 Å². The zero-order valence-corrected chi connectivity index (χ0v) is 15.1. The minimum absolute atomic E-state index is 0.0327. The Hall–Kier alpha value is -2.00. The monoisotopic (exact) mass is 369 g/mol. The molecule has 0 saturated heterocycles. The summed E-state index contributed by atoms with van der Waals surface area (Å²) in [5, 5.41) is 10.1. The maximum Gasteiger partial charge on any atom is 0.257 e. The van der Waals surface area contributed by atoms with Crippen LogP contribution in [-0.2, 0) is 9.84 Å². The summed E-state index contributed by atoms with van der Waals surface area (Å²) in [6.07, 6.45) is 1.34. The van der Waals surface area contributed by atoms with Crippen molar-refractivity contribution >= 4 is 32.2 Å². The Morgan fingerprint density at radius 1 is 1.21 bits per heavy atom. The van der Waals surface area contributed by atoms with Crippen LogP contribution >= 0.6 is 11.3 Å². The second kappa shape index (κ2) is 8.20. The van der Waals surface area contributed by atoms with Crippen molar-refractivity contribution in [2.45, 2.75) is 31.0 Å². The van der Waals surface area contributed by atoms with Gasteiger partial charge in [0.1, 0.15) is 5.75 Å². The largest absolute Gasteiger partial charge is 0.494 e. The lowest BCUT2D eigenvalue weighted by Gasteiger charge is -2.04. The second-order valence-corrected chi connectivity index (χ2v) is 8.22. The molecule has 0 aliphatic carbocycles. The molecule has 0 aliphatic heterocycles. The summed E-state index contributed by atoms with van der Waals surface area (Å²) in [6.45, 7) is 4.34. The van der Waals surface area contributed by atoms with E-state index in [9.17, 15) is 13.2 Å². The lowest BCUT2D eigenvalue weighted by atomic mass is 10.2. The van der Waals surface area contributed by atoms with Crippen LogP contribution in [0.2, 0.25) is 0 Å². The first kappa shape index (κ1) is 18.3. The summed E-state index contributed by atoms with van der Waals surface area (Å²) >= 11 is 0.858. The van der Waals surface area contributed by atoms with Gasteiger partial charge in [0, 0.05) is 5.56 Å². The van der Waals surface area contributed by atoms with Crippen molar-refractivity contribution in [3.05, 3.63) is 29.8 Å². The fourth-order valence-electron chi connectivity index (χ4n) is 1.85. The number of hydrogen-bond acceptors (Lipinski definition) is 7. The molecule has 0 unspecified atom stereocenters. The van der Waals surface area contributed by atoms with Gasteiger partial charge in [0.25, 0.3) is 5.91 Å². The lowest BCUT2D eigenvalue weighted by molar-refractivity contribution is 0.102. The third kappa shape index (κ3) is 4.75. The van der Waals surface area contributed by atoms with Gasteiger partial charge in [0.2, 0.25) is 19.3 Å². The summed E-state index contributed by atoms with van der Waals surface area (Å²) in [4.78, 5) is 12.2. The van der Waals surface area contributed by atoms with E-state index in [4.69, 9.17) is 4.74 Å². The SMILES string of the molecule is CCCCS(=O)(=O)c1nnc(NC(=O)c2ccc(OCC)cc2)s1. The molecular weight excluding hydrogens is 350 g/mol. The Kier molecular flexibility index (Phi) is 6.27. The maximum atomic E-state index is 12.2. The number of sulfone groups is 1. The van der Waals surface area contributed by atoms with Crippen LogP contribution in [0.4, 0.5) is 5.13 Å². The van der Waals surface area contributed by atoms with Crippen LogP contribution in [0.5, 0.6) is 5.75 Å². The minimum Gasteiger partial charge on any atom is -0.494 e. The third-order valence-electron chi connectivity index (χ3n) is 3.09. The highest BCUT2D eigenvalue weighted by Gasteiger charge is 2.20. The molecule has 1 amide bonds. The number of unbranched alkanes of at least 4 members (excludes halogenated alkanes) is 1. The predicted octanol–water partition coefficient (Wildman–Crippen LogP) is 2.76. The number of nitrogens with one attached hydrogen (secondary N) is 1. The molecule has 1 aromatic carbocycles. The molecule has 1 aromatic heterocycles. The molecule has 24 heavy (non-hydrogen) atoms. The first-order chi connectivity index (χ1) is 11.5. The van der Waals surface area contributed by atoms with Crippen molar-refractivity contribution in [3.63, 3.8) is 0 Å². The molecule has 0 spiro atoms. The summed E-state index contributed by atoms with van der Waals surface area (Å²) in [6, 6.07) is 6.64. The van der Waals surface area contributed by atoms with Crippen LogP contribution in [-0.4, -0.2) is 36.9 Å². The highest BCUT2D eigenvalue weighted by atomic mass is 32.2. The number of amides is 1. The normalized spacial score (nSPS) is 11.2. The van der Waals surface area contributed by atoms with Crippen LogP contribution in [0.1, 0.15) is 37.0 Å². The number of aromatic nitrogens is 2. The first-order valence-corrected chi connectivity index (χ1v) is 10.0. The molecule has 0 bridgehead atoms. The Balaban J connectivity index is 2.05. The molecule has 1 N–H and O–H groups in total. The van der Waals surface area contributed by atoms with E-state index in [-0.39, 0.29) is 21.1 Å². The molecule has 0 saturated carbocycles. The van der Waals surface area contributed by atoms with Crippen molar-refractivity contribution in [1.82, 2.24) is 10.2 Å². The Morgan fingerprint density at radius 2 is 1.92 bits per heavy atom. The van der Waals surface area contributed by atoms with Crippen molar-refractivity contribution in [2.24, 2.45) is 0 Å². The van der Waals surface area contributed by atoms with Crippen molar-refractivity contribution < 1.29 is 17.9 Å². The average Bonchev–Trinajstić information content (AvgIpc) is 3.03. The Bertz CT molecular complexity index is 785. The Labute approximate surface area is 145 Å². The summed E-state index contributed by atoms with van der Waals surface area (Å²) < 4.78 is 29.3. The molecule has 0 radical (unpaired) electrons. The third-order valence-corrected chi connectivity index (χ3v) is 6.17. The fourth-order valence-corrected chi connectivity index (χ4v) is 4.32. The fraction of sp³-hybridized carbons (Fsp3) is 0.400. The average molecular weight is 369 g/mol. The quantitative estimate of drug-likeness (QED) is 0.719. The van der Waals surface area contributed by atoms with Crippen LogP contribution in [0.3, 0.4) is 0 Å². The van der Waals surface area contributed by atoms with E-state index in [0.29, 0.717) is 24.3 Å². The number of nitrogens with zero attached hydrogens (tertiary/aromatic N) is 2. The van der Waals surface area contributed by atoms with Crippen LogP contribution in [0.15, 0.2) is 28.6 Å². The molecule has 0 atom stereocenters. The molecular formula is C15H19N3O4S2. The van der Waals surface area contributed by atoms with Gasteiger partial charge in [-0.05, 0) is 37.6 Å². The zero-order valence-electron chi connectivity index (χ0n) is 13.5. The smallest absolute Gasteiger partial charge is 0.257 e. The first-order valence-electron chi connectivity index (χ1n) is 7.56. The van der Waals surface area contributed by atoms with Crippen molar-refractivity contribution in [2.75, 3.05) is 17.7 Å². The standard InChI is InChI=1S/C15H19N3O4S2/c1-3-5-10-24(20,21)15-18-17-14(23-15)16-13(19)11-6-8-12(9-7-11)22-4-2/h6-9H,3-5,10H2,1-2H3,(H,16,17,19). The molecule has 2 rings (SSSR count). The Morgan fingerprint density at radius 3 is 2.54 bits per heavy atom. The number of benzene rings is 1. The van der Waals surface area contributed by atoms with E-state index in [2.05, 4.69) is 15.5 Å². The molecule has 7 nitrogen and oxygen atoms in total. The van der Waals surface area contributed by atoms with Crippen LogP contribution in [0, 0.1) is 0 Å². The highest BCUT2D eigenvalue weighted by Crippen LogP contribution is 2.22. The predicted molar refractivity (Wildman–Crippen MR) is 92.4 cm³/mol. The molecule has 2 aromatic rings.